The topological polar surface area (TPSA) is 46.9 Å². The van der Waals surface area contributed by atoms with Crippen LogP contribution in [0.1, 0.15) is 16.7 Å². The van der Waals surface area contributed by atoms with Crippen molar-refractivity contribution in [2.45, 2.75) is 19.8 Å². The van der Waals surface area contributed by atoms with E-state index < -0.39 is 0 Å². The summed E-state index contributed by atoms with van der Waals surface area (Å²) >= 11 is 0. The zero-order chi connectivity index (χ0) is 16.2. The molecule has 4 heteroatoms. The summed E-state index contributed by atoms with van der Waals surface area (Å²) in [5, 5.41) is 4.17. The average molecular weight is 307 g/mol. The molecule has 0 aliphatic heterocycles. The smallest absolute Gasteiger partial charge is 0.224 e. The molecule has 0 aliphatic rings. The van der Waals surface area contributed by atoms with Crippen molar-refractivity contribution in [2.24, 2.45) is 7.05 Å². The van der Waals surface area contributed by atoms with E-state index in [-0.39, 0.29) is 5.91 Å². The van der Waals surface area contributed by atoms with Crippen molar-refractivity contribution in [3.63, 3.8) is 0 Å². The lowest BCUT2D eigenvalue weighted by molar-refractivity contribution is -0.120. The fraction of sp³-hybridized carbons (Fsp3) is 0.263. The van der Waals surface area contributed by atoms with Crippen molar-refractivity contribution < 1.29 is 4.79 Å². The van der Waals surface area contributed by atoms with E-state index in [1.165, 1.54) is 5.56 Å². The summed E-state index contributed by atoms with van der Waals surface area (Å²) in [6, 6.07) is 12.0. The fourth-order valence-electron chi connectivity index (χ4n) is 2.87. The summed E-state index contributed by atoms with van der Waals surface area (Å²) < 4.78 is 2.03. The Bertz CT molecular complexity index is 836. The molecule has 0 saturated carbocycles. The van der Waals surface area contributed by atoms with Crippen LogP contribution in [0, 0.1) is 6.92 Å². The number of amides is 1. The molecule has 3 aromatic rings. The van der Waals surface area contributed by atoms with Gasteiger partial charge in [-0.15, -0.1) is 0 Å². The number of aromatic nitrogens is 2. The zero-order valence-electron chi connectivity index (χ0n) is 13.5. The lowest BCUT2D eigenvalue weighted by Crippen LogP contribution is -2.27. The Balaban J connectivity index is 1.58. The molecule has 3 rings (SSSR count). The number of aryl methyl sites for hydroxylation is 2. The highest BCUT2D eigenvalue weighted by Gasteiger charge is 2.08. The second kappa shape index (κ2) is 6.65. The van der Waals surface area contributed by atoms with Gasteiger partial charge in [-0.2, -0.15) is 0 Å². The van der Waals surface area contributed by atoms with Gasteiger partial charge >= 0.3 is 0 Å². The predicted octanol–water partition coefficient (Wildman–Crippen LogP) is 2.78. The van der Waals surface area contributed by atoms with Gasteiger partial charge in [0, 0.05) is 31.4 Å². The second-order valence-corrected chi connectivity index (χ2v) is 5.84. The van der Waals surface area contributed by atoms with Gasteiger partial charge in [0.1, 0.15) is 5.65 Å². The molecule has 4 nitrogen and oxygen atoms in total. The van der Waals surface area contributed by atoms with Gasteiger partial charge in [0.25, 0.3) is 0 Å². The van der Waals surface area contributed by atoms with Gasteiger partial charge in [0.05, 0.1) is 6.42 Å². The Morgan fingerprint density at radius 2 is 2.00 bits per heavy atom. The number of fused-ring (bicyclic) bond motifs is 1. The minimum Gasteiger partial charge on any atom is -0.355 e. The molecule has 118 valence electrons. The van der Waals surface area contributed by atoms with Gasteiger partial charge in [-0.05, 0) is 42.2 Å². The normalized spacial score (nSPS) is 10.9. The number of nitrogens with one attached hydrogen (secondary N) is 1. The van der Waals surface area contributed by atoms with E-state index in [2.05, 4.69) is 22.6 Å². The van der Waals surface area contributed by atoms with Crippen LogP contribution in [0.2, 0.25) is 0 Å². The molecule has 0 atom stereocenters. The molecule has 0 bridgehead atoms. The second-order valence-electron chi connectivity index (χ2n) is 5.84. The van der Waals surface area contributed by atoms with E-state index in [0.717, 1.165) is 28.6 Å². The van der Waals surface area contributed by atoms with Crippen LogP contribution in [0.5, 0.6) is 0 Å². The highest BCUT2D eigenvalue weighted by Crippen LogP contribution is 2.18. The predicted molar refractivity (Wildman–Crippen MR) is 92.3 cm³/mol. The van der Waals surface area contributed by atoms with Crippen molar-refractivity contribution in [1.29, 1.82) is 0 Å². The molecule has 1 aromatic carbocycles. The lowest BCUT2D eigenvalue weighted by atomic mass is 10.1. The van der Waals surface area contributed by atoms with Crippen LogP contribution in [0.15, 0.2) is 48.8 Å². The van der Waals surface area contributed by atoms with Gasteiger partial charge in [-0.25, -0.2) is 4.98 Å². The SMILES string of the molecule is Cc1ccccc1CC(=O)NCCc1cn(C)c2ncccc12. The fourth-order valence-corrected chi connectivity index (χ4v) is 2.87. The maximum atomic E-state index is 12.1. The standard InChI is InChI=1S/C19H21N3O/c1-14-6-3-4-7-15(14)12-18(23)20-11-9-16-13-22(2)19-17(16)8-5-10-21-19/h3-8,10,13H,9,11-12H2,1-2H3,(H,20,23). The van der Waals surface area contributed by atoms with Crippen LogP contribution in [0.3, 0.4) is 0 Å². The molecule has 0 spiro atoms. The van der Waals surface area contributed by atoms with Crippen molar-refractivity contribution in [3.8, 4) is 0 Å². The molecular formula is C19H21N3O. The van der Waals surface area contributed by atoms with Crippen LogP contribution in [-0.4, -0.2) is 22.0 Å². The quantitative estimate of drug-likeness (QED) is 0.788. The first-order valence-electron chi connectivity index (χ1n) is 7.85. The largest absolute Gasteiger partial charge is 0.355 e. The number of rotatable bonds is 5. The van der Waals surface area contributed by atoms with Gasteiger partial charge < -0.3 is 9.88 Å². The molecular weight excluding hydrogens is 286 g/mol. The monoisotopic (exact) mass is 307 g/mol. The number of nitrogens with zero attached hydrogens (tertiary/aromatic N) is 2. The van der Waals surface area contributed by atoms with E-state index in [0.29, 0.717) is 13.0 Å². The summed E-state index contributed by atoms with van der Waals surface area (Å²) in [7, 11) is 2.00. The Labute approximate surface area is 136 Å². The molecule has 2 aromatic heterocycles. The summed E-state index contributed by atoms with van der Waals surface area (Å²) in [6.07, 6.45) is 5.13. The molecule has 1 N–H and O–H groups in total. The Kier molecular flexibility index (Phi) is 4.42. The summed E-state index contributed by atoms with van der Waals surface area (Å²) in [5.74, 6) is 0.0673. The maximum Gasteiger partial charge on any atom is 0.224 e. The van der Waals surface area contributed by atoms with Crippen LogP contribution < -0.4 is 5.32 Å². The van der Waals surface area contributed by atoms with Crippen molar-refractivity contribution >= 4 is 16.9 Å². The summed E-state index contributed by atoms with van der Waals surface area (Å²) in [5.41, 5.74) is 4.43. The van der Waals surface area contributed by atoms with Crippen molar-refractivity contribution in [3.05, 3.63) is 65.5 Å². The van der Waals surface area contributed by atoms with Gasteiger partial charge in [-0.1, -0.05) is 24.3 Å². The number of hydrogen-bond donors (Lipinski definition) is 1. The third-order valence-electron chi connectivity index (χ3n) is 4.14. The molecule has 0 fully saturated rings. The number of carbonyl (C=O) groups is 1. The first-order chi connectivity index (χ1) is 11.1. The first-order valence-corrected chi connectivity index (χ1v) is 7.85. The molecule has 0 unspecified atom stereocenters. The first kappa shape index (κ1) is 15.3. The summed E-state index contributed by atoms with van der Waals surface area (Å²) in [6.45, 7) is 2.67. The van der Waals surface area contributed by atoms with Crippen LogP contribution in [-0.2, 0) is 24.7 Å². The minimum atomic E-state index is 0.0673. The third kappa shape index (κ3) is 3.42. The maximum absolute atomic E-state index is 12.1. The van der Waals surface area contributed by atoms with Crippen molar-refractivity contribution in [1.82, 2.24) is 14.9 Å². The number of carbonyl (C=O) groups excluding carboxylic acids is 1. The highest BCUT2D eigenvalue weighted by molar-refractivity contribution is 5.81. The lowest BCUT2D eigenvalue weighted by Gasteiger charge is -2.07. The van der Waals surface area contributed by atoms with Crippen molar-refractivity contribution in [2.75, 3.05) is 6.54 Å². The molecule has 2 heterocycles. The van der Waals surface area contributed by atoms with Crippen LogP contribution in [0.25, 0.3) is 11.0 Å². The Hall–Kier alpha value is -2.62. The number of benzene rings is 1. The molecule has 23 heavy (non-hydrogen) atoms. The van der Waals surface area contributed by atoms with Gasteiger partial charge in [0.15, 0.2) is 0 Å². The highest BCUT2D eigenvalue weighted by atomic mass is 16.1. The van der Waals surface area contributed by atoms with E-state index in [1.807, 2.05) is 48.9 Å². The zero-order valence-corrected chi connectivity index (χ0v) is 13.5. The number of pyridine rings is 1. The molecule has 0 aliphatic carbocycles. The third-order valence-corrected chi connectivity index (χ3v) is 4.14. The van der Waals surface area contributed by atoms with E-state index in [1.54, 1.807) is 6.20 Å². The summed E-state index contributed by atoms with van der Waals surface area (Å²) in [4.78, 5) is 16.5. The number of hydrogen-bond acceptors (Lipinski definition) is 2. The Morgan fingerprint density at radius 1 is 1.17 bits per heavy atom. The van der Waals surface area contributed by atoms with E-state index >= 15 is 0 Å². The van der Waals surface area contributed by atoms with Gasteiger partial charge in [-0.3, -0.25) is 4.79 Å². The molecule has 0 saturated heterocycles. The minimum absolute atomic E-state index is 0.0673. The van der Waals surface area contributed by atoms with E-state index in [9.17, 15) is 4.79 Å². The van der Waals surface area contributed by atoms with E-state index in [4.69, 9.17) is 0 Å². The van der Waals surface area contributed by atoms with Crippen LogP contribution >= 0.6 is 0 Å². The Morgan fingerprint density at radius 3 is 2.83 bits per heavy atom. The molecule has 0 radical (unpaired) electrons. The average Bonchev–Trinajstić information content (AvgIpc) is 2.87. The molecule has 1 amide bonds. The van der Waals surface area contributed by atoms with Gasteiger partial charge in [0.2, 0.25) is 5.91 Å². The van der Waals surface area contributed by atoms with Crippen LogP contribution in [0.4, 0.5) is 0 Å².